The molecular weight excluding hydrogens is 342 g/mol. The summed E-state index contributed by atoms with van der Waals surface area (Å²) in [7, 11) is 0. The number of hydrogen-bond donors (Lipinski definition) is 1. The highest BCUT2D eigenvalue weighted by atomic mass is 79.9. The first kappa shape index (κ1) is 15.0. The van der Waals surface area contributed by atoms with Crippen molar-refractivity contribution < 1.29 is 0 Å². The van der Waals surface area contributed by atoms with E-state index < -0.39 is 0 Å². The maximum atomic E-state index is 3.57. The number of benzene rings is 1. The van der Waals surface area contributed by atoms with E-state index in [0.717, 1.165) is 21.4 Å². The quantitative estimate of drug-likeness (QED) is 0.642. The minimum Gasteiger partial charge on any atom is -0.384 e. The van der Waals surface area contributed by atoms with Gasteiger partial charge in [-0.2, -0.15) is 0 Å². The Morgan fingerprint density at radius 1 is 1.24 bits per heavy atom. The highest BCUT2D eigenvalue weighted by Crippen LogP contribution is 2.26. The number of rotatable bonds is 7. The third-order valence-electron chi connectivity index (χ3n) is 3.05. The van der Waals surface area contributed by atoms with Gasteiger partial charge in [-0.3, -0.25) is 0 Å². The van der Waals surface area contributed by atoms with Crippen molar-refractivity contribution in [3.63, 3.8) is 0 Å². The average Bonchev–Trinajstić information content (AvgIpc) is 2.33. The first-order chi connectivity index (χ1) is 8.17. The van der Waals surface area contributed by atoms with Gasteiger partial charge in [0, 0.05) is 21.2 Å². The van der Waals surface area contributed by atoms with Crippen molar-refractivity contribution in [1.82, 2.24) is 0 Å². The number of nitrogens with one attached hydrogen (secondary N) is 1. The van der Waals surface area contributed by atoms with Crippen LogP contribution in [-0.4, -0.2) is 6.54 Å². The molecular formula is C14H21Br2N. The van der Waals surface area contributed by atoms with Crippen molar-refractivity contribution >= 4 is 37.5 Å². The topological polar surface area (TPSA) is 12.0 Å². The Hall–Kier alpha value is -0.0200. The van der Waals surface area contributed by atoms with E-state index in [2.05, 4.69) is 63.2 Å². The van der Waals surface area contributed by atoms with Crippen LogP contribution in [0.25, 0.3) is 0 Å². The molecule has 0 fully saturated rings. The second-order valence-electron chi connectivity index (χ2n) is 4.42. The van der Waals surface area contributed by atoms with Crippen LogP contribution < -0.4 is 5.32 Å². The van der Waals surface area contributed by atoms with Gasteiger partial charge in [-0.25, -0.2) is 0 Å². The highest BCUT2D eigenvalue weighted by Gasteiger charge is 2.07. The second-order valence-corrected chi connectivity index (χ2v) is 6.19. The number of hydrogen-bond acceptors (Lipinski definition) is 1. The summed E-state index contributed by atoms with van der Waals surface area (Å²) >= 11 is 7.07. The third kappa shape index (κ3) is 5.43. The van der Waals surface area contributed by atoms with E-state index >= 15 is 0 Å². The summed E-state index contributed by atoms with van der Waals surface area (Å²) in [5.74, 6) is 0.779. The Labute approximate surface area is 122 Å². The first-order valence-corrected chi connectivity index (χ1v) is 7.94. The molecule has 0 bridgehead atoms. The van der Waals surface area contributed by atoms with E-state index in [0.29, 0.717) is 0 Å². The van der Waals surface area contributed by atoms with Gasteiger partial charge >= 0.3 is 0 Å². The Kier molecular flexibility index (Phi) is 7.21. The van der Waals surface area contributed by atoms with Crippen LogP contribution in [-0.2, 0) is 0 Å². The van der Waals surface area contributed by atoms with Crippen molar-refractivity contribution in [2.45, 2.75) is 39.5 Å². The molecule has 1 atom stereocenters. The molecule has 0 aliphatic heterocycles. The van der Waals surface area contributed by atoms with E-state index in [1.54, 1.807) is 0 Å². The van der Waals surface area contributed by atoms with Crippen molar-refractivity contribution in [3.05, 3.63) is 27.1 Å². The van der Waals surface area contributed by atoms with E-state index in [-0.39, 0.29) is 0 Å². The summed E-state index contributed by atoms with van der Waals surface area (Å²) in [5.41, 5.74) is 1.18. The Morgan fingerprint density at radius 2 is 2.00 bits per heavy atom. The molecule has 0 radical (unpaired) electrons. The van der Waals surface area contributed by atoms with Crippen LogP contribution in [0.15, 0.2) is 27.1 Å². The molecule has 0 saturated carbocycles. The molecule has 0 saturated heterocycles. The molecule has 17 heavy (non-hydrogen) atoms. The van der Waals surface area contributed by atoms with Crippen LogP contribution >= 0.6 is 31.9 Å². The molecule has 1 nitrogen and oxygen atoms in total. The standard InChI is InChI=1S/C14H21Br2N/c1-3-5-6-11(4-2)10-17-14-9-12(15)7-8-13(14)16/h7-9,11,17H,3-6,10H2,1-2H3. The van der Waals surface area contributed by atoms with E-state index in [1.165, 1.54) is 31.4 Å². The number of halogens is 2. The molecule has 0 amide bonds. The van der Waals surface area contributed by atoms with Crippen molar-refractivity contribution in [2.24, 2.45) is 5.92 Å². The lowest BCUT2D eigenvalue weighted by Gasteiger charge is -2.17. The van der Waals surface area contributed by atoms with Crippen molar-refractivity contribution in [2.75, 3.05) is 11.9 Å². The largest absolute Gasteiger partial charge is 0.384 e. The van der Waals surface area contributed by atoms with Gasteiger partial charge in [-0.1, -0.05) is 49.0 Å². The smallest absolute Gasteiger partial charge is 0.0496 e. The van der Waals surface area contributed by atoms with Crippen LogP contribution in [0.2, 0.25) is 0 Å². The minimum atomic E-state index is 0.779. The molecule has 0 aliphatic carbocycles. The van der Waals surface area contributed by atoms with Crippen LogP contribution in [0.4, 0.5) is 5.69 Å². The summed E-state index contributed by atoms with van der Waals surface area (Å²) < 4.78 is 2.25. The zero-order valence-corrected chi connectivity index (χ0v) is 13.8. The van der Waals surface area contributed by atoms with Gasteiger partial charge in [0.1, 0.15) is 0 Å². The Bertz CT molecular complexity index is 339. The van der Waals surface area contributed by atoms with Gasteiger partial charge in [0.2, 0.25) is 0 Å². The van der Waals surface area contributed by atoms with Crippen LogP contribution in [0.3, 0.4) is 0 Å². The molecule has 3 heteroatoms. The maximum absolute atomic E-state index is 3.57. The summed E-state index contributed by atoms with van der Waals surface area (Å²) in [6.45, 7) is 5.59. The lowest BCUT2D eigenvalue weighted by atomic mass is 9.99. The molecule has 0 heterocycles. The minimum absolute atomic E-state index is 0.779. The van der Waals surface area contributed by atoms with Gasteiger partial charge < -0.3 is 5.32 Å². The molecule has 1 N–H and O–H groups in total. The SMILES string of the molecule is CCCCC(CC)CNc1cc(Br)ccc1Br. The monoisotopic (exact) mass is 361 g/mol. The van der Waals surface area contributed by atoms with Crippen molar-refractivity contribution in [1.29, 1.82) is 0 Å². The molecule has 1 aromatic carbocycles. The van der Waals surface area contributed by atoms with Gasteiger partial charge in [-0.15, -0.1) is 0 Å². The molecule has 0 spiro atoms. The lowest BCUT2D eigenvalue weighted by molar-refractivity contribution is 0.473. The zero-order chi connectivity index (χ0) is 12.7. The molecule has 96 valence electrons. The summed E-state index contributed by atoms with van der Waals surface area (Å²) in [5, 5.41) is 3.54. The van der Waals surface area contributed by atoms with Gasteiger partial charge in [0.15, 0.2) is 0 Å². The predicted octanol–water partition coefficient (Wildman–Crippen LogP) is 5.84. The van der Waals surface area contributed by atoms with E-state index in [9.17, 15) is 0 Å². The zero-order valence-electron chi connectivity index (χ0n) is 10.6. The molecule has 1 unspecified atom stereocenters. The van der Waals surface area contributed by atoms with Gasteiger partial charge in [0.05, 0.1) is 0 Å². The molecule has 0 aliphatic rings. The van der Waals surface area contributed by atoms with E-state index in [4.69, 9.17) is 0 Å². The van der Waals surface area contributed by atoms with Crippen molar-refractivity contribution in [3.8, 4) is 0 Å². The predicted molar refractivity (Wildman–Crippen MR) is 83.6 cm³/mol. The van der Waals surface area contributed by atoms with Crippen LogP contribution in [0, 0.1) is 5.92 Å². The fraction of sp³-hybridized carbons (Fsp3) is 0.571. The highest BCUT2D eigenvalue weighted by molar-refractivity contribution is 9.11. The first-order valence-electron chi connectivity index (χ1n) is 6.36. The van der Waals surface area contributed by atoms with Crippen LogP contribution in [0.5, 0.6) is 0 Å². The lowest BCUT2D eigenvalue weighted by Crippen LogP contribution is -2.13. The average molecular weight is 363 g/mol. The van der Waals surface area contributed by atoms with Crippen LogP contribution in [0.1, 0.15) is 39.5 Å². The Morgan fingerprint density at radius 3 is 2.65 bits per heavy atom. The number of anilines is 1. The maximum Gasteiger partial charge on any atom is 0.0496 e. The fourth-order valence-corrected chi connectivity index (χ4v) is 2.58. The molecule has 1 rings (SSSR count). The third-order valence-corrected chi connectivity index (χ3v) is 4.24. The summed E-state index contributed by atoms with van der Waals surface area (Å²) in [4.78, 5) is 0. The van der Waals surface area contributed by atoms with E-state index in [1.807, 2.05) is 6.07 Å². The normalized spacial score (nSPS) is 12.5. The van der Waals surface area contributed by atoms with Gasteiger partial charge in [0.25, 0.3) is 0 Å². The number of unbranched alkanes of at least 4 members (excludes halogenated alkanes) is 1. The molecule has 1 aromatic rings. The van der Waals surface area contributed by atoms with Gasteiger partial charge in [-0.05, 0) is 46.5 Å². The fourth-order valence-electron chi connectivity index (χ4n) is 1.83. The summed E-state index contributed by atoms with van der Waals surface area (Å²) in [6, 6.07) is 6.24. The second kappa shape index (κ2) is 8.15. The summed E-state index contributed by atoms with van der Waals surface area (Å²) in [6.07, 6.45) is 5.20. The molecule has 0 aromatic heterocycles. The Balaban J connectivity index is 2.50.